The lowest BCUT2D eigenvalue weighted by Crippen LogP contribution is -2.03. The highest BCUT2D eigenvalue weighted by Gasteiger charge is 2.13. The van der Waals surface area contributed by atoms with E-state index in [1.165, 1.54) is 18.9 Å². The minimum atomic E-state index is -4.09. The molecule has 19 heavy (non-hydrogen) atoms. The highest BCUT2D eigenvalue weighted by molar-refractivity contribution is 7.85. The van der Waals surface area contributed by atoms with Crippen molar-refractivity contribution in [1.29, 1.82) is 0 Å². The Kier molecular flexibility index (Phi) is 8.30. The number of unbranched alkanes of at least 4 members (excludes halogenated alkanes) is 2. The summed E-state index contributed by atoms with van der Waals surface area (Å²) in [5.74, 6) is 0.718. The molecule has 0 spiro atoms. The first-order valence-electron chi connectivity index (χ1n) is 6.46. The smallest absolute Gasteiger partial charge is 0.282 e. The Balaban J connectivity index is 0.00000324. The molecule has 0 aliphatic carbocycles. The topological polar surface area (TPSA) is 54.4 Å². The van der Waals surface area contributed by atoms with E-state index in [1.807, 2.05) is 0 Å². The molecular formula is C14H23ClO3S. The van der Waals surface area contributed by atoms with Gasteiger partial charge in [0.1, 0.15) is 0 Å². The second-order valence-corrected chi connectivity index (χ2v) is 6.47. The van der Waals surface area contributed by atoms with Gasteiger partial charge in [-0.2, -0.15) is 8.42 Å². The molecule has 1 aromatic rings. The molecule has 0 saturated heterocycles. The number of halogens is 1. The summed E-state index contributed by atoms with van der Waals surface area (Å²) in [6, 6.07) is 6.66. The monoisotopic (exact) mass is 306 g/mol. The molecule has 1 N–H and O–H groups in total. The third-order valence-electron chi connectivity index (χ3n) is 2.98. The van der Waals surface area contributed by atoms with Crippen LogP contribution in [0.1, 0.15) is 45.1 Å². The van der Waals surface area contributed by atoms with Gasteiger partial charge < -0.3 is 0 Å². The van der Waals surface area contributed by atoms with Crippen molar-refractivity contribution in [3.8, 4) is 0 Å². The summed E-state index contributed by atoms with van der Waals surface area (Å²) in [6.07, 6.45) is 5.14. The van der Waals surface area contributed by atoms with Crippen LogP contribution in [-0.4, -0.2) is 13.0 Å². The van der Waals surface area contributed by atoms with Crippen LogP contribution in [0.25, 0.3) is 0 Å². The van der Waals surface area contributed by atoms with Crippen molar-refractivity contribution in [1.82, 2.24) is 0 Å². The SMILES string of the molecule is CC(C)CCCCCc1ccccc1S(=O)(=O)O.Cl. The fraction of sp³-hybridized carbons (Fsp3) is 0.571. The maximum Gasteiger partial charge on any atom is 0.294 e. The molecule has 0 radical (unpaired) electrons. The van der Waals surface area contributed by atoms with E-state index in [4.69, 9.17) is 4.55 Å². The van der Waals surface area contributed by atoms with Crippen LogP contribution in [0.15, 0.2) is 29.2 Å². The Labute approximate surface area is 122 Å². The molecule has 5 heteroatoms. The van der Waals surface area contributed by atoms with Gasteiger partial charge in [0.25, 0.3) is 10.1 Å². The van der Waals surface area contributed by atoms with Gasteiger partial charge in [0.05, 0.1) is 4.90 Å². The second-order valence-electron chi connectivity index (χ2n) is 5.08. The number of aryl methyl sites for hydroxylation is 1. The zero-order valence-electron chi connectivity index (χ0n) is 11.5. The van der Waals surface area contributed by atoms with Gasteiger partial charge in [-0.15, -0.1) is 12.4 Å². The first-order chi connectivity index (χ1) is 8.41. The van der Waals surface area contributed by atoms with Crippen molar-refractivity contribution < 1.29 is 13.0 Å². The highest BCUT2D eigenvalue weighted by atomic mass is 35.5. The summed E-state index contributed by atoms with van der Waals surface area (Å²) >= 11 is 0. The molecule has 0 unspecified atom stereocenters. The van der Waals surface area contributed by atoms with E-state index >= 15 is 0 Å². The van der Waals surface area contributed by atoms with Crippen LogP contribution in [0.5, 0.6) is 0 Å². The van der Waals surface area contributed by atoms with Crippen molar-refractivity contribution in [2.24, 2.45) is 5.92 Å². The predicted molar refractivity (Wildman–Crippen MR) is 80.5 cm³/mol. The maximum atomic E-state index is 11.2. The average Bonchev–Trinajstić information content (AvgIpc) is 2.27. The standard InChI is InChI=1S/C14H22O3S.ClH/c1-12(2)8-4-3-5-9-13-10-6-7-11-14(13)18(15,16)17;/h6-7,10-12H,3-5,8-9H2,1-2H3,(H,15,16,17);1H. The maximum absolute atomic E-state index is 11.2. The van der Waals surface area contributed by atoms with Gasteiger partial charge in [0, 0.05) is 0 Å². The van der Waals surface area contributed by atoms with E-state index in [1.54, 1.807) is 18.2 Å². The number of hydrogen-bond donors (Lipinski definition) is 1. The van der Waals surface area contributed by atoms with Gasteiger partial charge >= 0.3 is 0 Å². The van der Waals surface area contributed by atoms with Gasteiger partial charge in [-0.25, -0.2) is 0 Å². The molecule has 0 aliphatic heterocycles. The molecule has 0 fully saturated rings. The predicted octanol–water partition coefficient (Wildman–Crippen LogP) is 4.11. The molecule has 1 aromatic carbocycles. The minimum Gasteiger partial charge on any atom is -0.282 e. The van der Waals surface area contributed by atoms with Gasteiger partial charge in [-0.1, -0.05) is 51.3 Å². The number of benzene rings is 1. The molecule has 1 rings (SSSR count). The lowest BCUT2D eigenvalue weighted by Gasteiger charge is -2.07. The van der Waals surface area contributed by atoms with E-state index < -0.39 is 10.1 Å². The normalized spacial score (nSPS) is 11.4. The van der Waals surface area contributed by atoms with E-state index in [0.29, 0.717) is 12.0 Å². The van der Waals surface area contributed by atoms with Gasteiger partial charge in [-0.3, -0.25) is 4.55 Å². The molecule has 0 amide bonds. The summed E-state index contributed by atoms with van der Waals surface area (Å²) in [4.78, 5) is 0.0499. The lowest BCUT2D eigenvalue weighted by molar-refractivity contribution is 0.481. The van der Waals surface area contributed by atoms with Gasteiger partial charge in [-0.05, 0) is 30.4 Å². The summed E-state index contributed by atoms with van der Waals surface area (Å²) in [5.41, 5.74) is 0.713. The third-order valence-corrected chi connectivity index (χ3v) is 3.93. The molecule has 0 aliphatic rings. The molecule has 0 atom stereocenters. The summed E-state index contributed by atoms with van der Waals surface area (Å²) in [7, 11) is -4.09. The van der Waals surface area contributed by atoms with Gasteiger partial charge in [0.15, 0.2) is 0 Å². The van der Waals surface area contributed by atoms with Crippen LogP contribution in [0.4, 0.5) is 0 Å². The van der Waals surface area contributed by atoms with Crippen LogP contribution < -0.4 is 0 Å². The molecular weight excluding hydrogens is 284 g/mol. The third kappa shape index (κ3) is 6.95. The molecule has 0 saturated carbocycles. The summed E-state index contributed by atoms with van der Waals surface area (Å²) < 4.78 is 31.5. The summed E-state index contributed by atoms with van der Waals surface area (Å²) in [6.45, 7) is 4.40. The second kappa shape index (κ2) is 8.56. The van der Waals surface area contributed by atoms with Crippen LogP contribution in [0, 0.1) is 5.92 Å². The Morgan fingerprint density at radius 2 is 1.74 bits per heavy atom. The van der Waals surface area contributed by atoms with Crippen molar-refractivity contribution in [3.63, 3.8) is 0 Å². The van der Waals surface area contributed by atoms with Crippen LogP contribution in [0.3, 0.4) is 0 Å². The summed E-state index contributed by atoms with van der Waals surface area (Å²) in [5, 5.41) is 0. The molecule has 0 aromatic heterocycles. The van der Waals surface area contributed by atoms with E-state index in [0.717, 1.165) is 18.8 Å². The molecule has 3 nitrogen and oxygen atoms in total. The fourth-order valence-electron chi connectivity index (χ4n) is 2.01. The first-order valence-corrected chi connectivity index (χ1v) is 7.90. The Hall–Kier alpha value is -0.580. The molecule has 0 bridgehead atoms. The lowest BCUT2D eigenvalue weighted by atomic mass is 10.0. The van der Waals surface area contributed by atoms with Crippen molar-refractivity contribution >= 4 is 22.5 Å². The van der Waals surface area contributed by atoms with E-state index in [-0.39, 0.29) is 17.3 Å². The Morgan fingerprint density at radius 3 is 2.32 bits per heavy atom. The van der Waals surface area contributed by atoms with Crippen molar-refractivity contribution in [2.75, 3.05) is 0 Å². The van der Waals surface area contributed by atoms with Crippen LogP contribution >= 0.6 is 12.4 Å². The zero-order valence-corrected chi connectivity index (χ0v) is 13.1. The van der Waals surface area contributed by atoms with Crippen LogP contribution in [0.2, 0.25) is 0 Å². The van der Waals surface area contributed by atoms with Crippen molar-refractivity contribution in [3.05, 3.63) is 29.8 Å². The first kappa shape index (κ1) is 18.4. The number of hydrogen-bond acceptors (Lipinski definition) is 2. The Bertz CT molecular complexity index is 469. The van der Waals surface area contributed by atoms with E-state index in [2.05, 4.69) is 13.8 Å². The minimum absolute atomic E-state index is 0. The fourth-order valence-corrected chi connectivity index (χ4v) is 2.76. The highest BCUT2D eigenvalue weighted by Crippen LogP contribution is 2.18. The van der Waals surface area contributed by atoms with Crippen molar-refractivity contribution in [2.45, 2.75) is 50.8 Å². The van der Waals surface area contributed by atoms with Gasteiger partial charge in [0.2, 0.25) is 0 Å². The zero-order chi connectivity index (χ0) is 13.6. The quantitative estimate of drug-likeness (QED) is 0.609. The molecule has 110 valence electrons. The average molecular weight is 307 g/mol. The largest absolute Gasteiger partial charge is 0.294 e. The number of rotatable bonds is 7. The van der Waals surface area contributed by atoms with E-state index in [9.17, 15) is 8.42 Å². The Morgan fingerprint density at radius 1 is 1.11 bits per heavy atom. The molecule has 0 heterocycles. The van der Waals surface area contributed by atoms with Crippen LogP contribution in [-0.2, 0) is 16.5 Å².